The van der Waals surface area contributed by atoms with Gasteiger partial charge in [-0.25, -0.2) is 0 Å². The fraction of sp³-hybridized carbons (Fsp3) is 0.900. The summed E-state index contributed by atoms with van der Waals surface area (Å²) in [6.07, 6.45) is 2.01. The van der Waals surface area contributed by atoms with Gasteiger partial charge in [0.1, 0.15) is 0 Å². The lowest BCUT2D eigenvalue weighted by Crippen LogP contribution is -2.48. The summed E-state index contributed by atoms with van der Waals surface area (Å²) in [7, 11) is 0. The minimum Gasteiger partial charge on any atom is -0.381 e. The molecule has 0 atom stereocenters. The van der Waals surface area contributed by atoms with Crippen molar-refractivity contribution in [1.29, 1.82) is 0 Å². The normalized spacial score (nSPS) is 17.5. The first kappa shape index (κ1) is 11.5. The highest BCUT2D eigenvalue weighted by Gasteiger charge is 2.16. The second-order valence-corrected chi connectivity index (χ2v) is 3.52. The molecule has 0 radical (unpaired) electrons. The Morgan fingerprint density at radius 2 is 2.36 bits per heavy atom. The van der Waals surface area contributed by atoms with Crippen molar-refractivity contribution in [2.75, 3.05) is 39.4 Å². The van der Waals surface area contributed by atoms with Crippen LogP contribution >= 0.6 is 0 Å². The van der Waals surface area contributed by atoms with Crippen molar-refractivity contribution in [2.45, 2.75) is 19.8 Å². The van der Waals surface area contributed by atoms with E-state index in [-0.39, 0.29) is 5.91 Å². The Morgan fingerprint density at radius 3 is 3.07 bits per heavy atom. The molecular weight excluding hydrogens is 180 g/mol. The Bertz CT molecular complexity index is 174. The fourth-order valence-electron chi connectivity index (χ4n) is 1.49. The lowest BCUT2D eigenvalue weighted by Gasteiger charge is -2.27. The number of piperazine rings is 1. The molecule has 1 N–H and O–H groups in total. The van der Waals surface area contributed by atoms with Crippen molar-refractivity contribution in [1.82, 2.24) is 10.2 Å². The topological polar surface area (TPSA) is 41.6 Å². The van der Waals surface area contributed by atoms with Crippen LogP contribution in [0.4, 0.5) is 0 Å². The smallest absolute Gasteiger partial charge is 0.236 e. The average Bonchev–Trinajstić information content (AvgIpc) is 2.20. The van der Waals surface area contributed by atoms with Gasteiger partial charge in [-0.2, -0.15) is 0 Å². The predicted molar refractivity (Wildman–Crippen MR) is 55.2 cm³/mol. The number of rotatable bonds is 6. The number of nitrogens with zero attached hydrogens (tertiary/aromatic N) is 1. The summed E-state index contributed by atoms with van der Waals surface area (Å²) >= 11 is 0. The molecule has 4 heteroatoms. The van der Waals surface area contributed by atoms with Crippen LogP contribution in [-0.2, 0) is 9.53 Å². The molecule has 14 heavy (non-hydrogen) atoms. The first-order valence-corrected chi connectivity index (χ1v) is 5.41. The zero-order valence-corrected chi connectivity index (χ0v) is 8.92. The Labute approximate surface area is 85.6 Å². The van der Waals surface area contributed by atoms with Gasteiger partial charge in [0, 0.05) is 32.8 Å². The summed E-state index contributed by atoms with van der Waals surface area (Å²) in [4.78, 5) is 13.2. The molecule has 4 nitrogen and oxygen atoms in total. The summed E-state index contributed by atoms with van der Waals surface area (Å²) in [5.41, 5.74) is 0. The second kappa shape index (κ2) is 6.79. The molecule has 0 aromatic heterocycles. The number of hydrogen-bond donors (Lipinski definition) is 1. The first-order valence-electron chi connectivity index (χ1n) is 5.41. The average molecular weight is 200 g/mol. The van der Waals surface area contributed by atoms with Gasteiger partial charge in [0.05, 0.1) is 6.54 Å². The zero-order valence-electron chi connectivity index (χ0n) is 8.92. The summed E-state index contributed by atoms with van der Waals surface area (Å²) in [6, 6.07) is 0. The van der Waals surface area contributed by atoms with Crippen molar-refractivity contribution in [2.24, 2.45) is 0 Å². The van der Waals surface area contributed by atoms with Gasteiger partial charge in [0.15, 0.2) is 0 Å². The molecule has 0 saturated carbocycles. The molecule has 1 aliphatic rings. The van der Waals surface area contributed by atoms with Crippen molar-refractivity contribution < 1.29 is 9.53 Å². The summed E-state index contributed by atoms with van der Waals surface area (Å²) in [5, 5.41) is 3.05. The largest absolute Gasteiger partial charge is 0.381 e. The van der Waals surface area contributed by atoms with Gasteiger partial charge >= 0.3 is 0 Å². The molecule has 1 heterocycles. The van der Waals surface area contributed by atoms with Crippen molar-refractivity contribution in [3.05, 3.63) is 0 Å². The maximum atomic E-state index is 11.3. The Balaban J connectivity index is 2.02. The van der Waals surface area contributed by atoms with Crippen LogP contribution in [0.5, 0.6) is 0 Å². The van der Waals surface area contributed by atoms with Gasteiger partial charge in [-0.1, -0.05) is 6.92 Å². The molecule has 1 fully saturated rings. The van der Waals surface area contributed by atoms with E-state index in [0.29, 0.717) is 6.54 Å². The van der Waals surface area contributed by atoms with E-state index in [1.807, 2.05) is 4.90 Å². The third kappa shape index (κ3) is 4.07. The van der Waals surface area contributed by atoms with E-state index >= 15 is 0 Å². The molecule has 0 unspecified atom stereocenters. The standard InChI is InChI=1S/C10H20N2O2/c1-2-7-14-8-3-5-12-6-4-11-9-10(12)13/h11H,2-9H2,1H3. The van der Waals surface area contributed by atoms with E-state index in [1.165, 1.54) is 0 Å². The summed E-state index contributed by atoms with van der Waals surface area (Å²) < 4.78 is 5.36. The van der Waals surface area contributed by atoms with E-state index < -0.39 is 0 Å². The van der Waals surface area contributed by atoms with Crippen molar-refractivity contribution in [3.8, 4) is 0 Å². The lowest BCUT2D eigenvalue weighted by molar-refractivity contribution is -0.132. The number of carbonyl (C=O) groups excluding carboxylic acids is 1. The number of hydrogen-bond acceptors (Lipinski definition) is 3. The highest BCUT2D eigenvalue weighted by Crippen LogP contribution is 1.96. The number of nitrogens with one attached hydrogen (secondary N) is 1. The molecular formula is C10H20N2O2. The van der Waals surface area contributed by atoms with Crippen LogP contribution in [0.2, 0.25) is 0 Å². The molecule has 82 valence electrons. The van der Waals surface area contributed by atoms with E-state index in [0.717, 1.165) is 45.7 Å². The van der Waals surface area contributed by atoms with Crippen LogP contribution in [0, 0.1) is 0 Å². The highest BCUT2D eigenvalue weighted by atomic mass is 16.5. The van der Waals surface area contributed by atoms with Crippen LogP contribution in [0.15, 0.2) is 0 Å². The van der Waals surface area contributed by atoms with Gasteiger partial charge < -0.3 is 15.0 Å². The molecule has 1 amide bonds. The lowest BCUT2D eigenvalue weighted by atomic mass is 10.3. The number of ether oxygens (including phenoxy) is 1. The van der Waals surface area contributed by atoms with Gasteiger partial charge in [0.2, 0.25) is 5.91 Å². The summed E-state index contributed by atoms with van der Waals surface area (Å²) in [6.45, 7) is 6.79. The van der Waals surface area contributed by atoms with Gasteiger partial charge in [0.25, 0.3) is 0 Å². The van der Waals surface area contributed by atoms with Crippen molar-refractivity contribution in [3.63, 3.8) is 0 Å². The molecule has 1 rings (SSSR count). The first-order chi connectivity index (χ1) is 6.84. The van der Waals surface area contributed by atoms with Gasteiger partial charge in [-0.3, -0.25) is 4.79 Å². The Morgan fingerprint density at radius 1 is 1.50 bits per heavy atom. The van der Waals surface area contributed by atoms with E-state index in [1.54, 1.807) is 0 Å². The fourth-order valence-corrected chi connectivity index (χ4v) is 1.49. The SMILES string of the molecule is CCCOCCCN1CCNCC1=O. The molecule has 0 aliphatic carbocycles. The molecule has 1 aliphatic heterocycles. The van der Waals surface area contributed by atoms with E-state index in [9.17, 15) is 4.79 Å². The van der Waals surface area contributed by atoms with E-state index in [2.05, 4.69) is 12.2 Å². The molecule has 0 bridgehead atoms. The summed E-state index contributed by atoms with van der Waals surface area (Å²) in [5.74, 6) is 0.215. The van der Waals surface area contributed by atoms with Gasteiger partial charge in [-0.15, -0.1) is 0 Å². The maximum absolute atomic E-state index is 11.3. The minimum absolute atomic E-state index is 0.215. The third-order valence-corrected chi connectivity index (χ3v) is 2.25. The van der Waals surface area contributed by atoms with E-state index in [4.69, 9.17) is 4.74 Å². The van der Waals surface area contributed by atoms with Crippen LogP contribution in [0.25, 0.3) is 0 Å². The number of carbonyl (C=O) groups is 1. The van der Waals surface area contributed by atoms with Crippen LogP contribution in [-0.4, -0.2) is 50.2 Å². The Kier molecular flexibility index (Phi) is 5.56. The van der Waals surface area contributed by atoms with Gasteiger partial charge in [-0.05, 0) is 12.8 Å². The quantitative estimate of drug-likeness (QED) is 0.624. The molecule has 0 spiro atoms. The predicted octanol–water partition coefficient (Wildman–Crippen LogP) is 0.235. The molecule has 0 aromatic carbocycles. The molecule has 1 saturated heterocycles. The number of amides is 1. The monoisotopic (exact) mass is 200 g/mol. The van der Waals surface area contributed by atoms with Crippen molar-refractivity contribution >= 4 is 5.91 Å². The molecule has 0 aromatic rings. The van der Waals surface area contributed by atoms with Crippen LogP contribution in [0.3, 0.4) is 0 Å². The highest BCUT2D eigenvalue weighted by molar-refractivity contribution is 5.78. The third-order valence-electron chi connectivity index (χ3n) is 2.25. The minimum atomic E-state index is 0.215. The van der Waals surface area contributed by atoms with Crippen LogP contribution in [0.1, 0.15) is 19.8 Å². The zero-order chi connectivity index (χ0) is 10.2. The van der Waals surface area contributed by atoms with Crippen LogP contribution < -0.4 is 5.32 Å². The second-order valence-electron chi connectivity index (χ2n) is 3.52. The Hall–Kier alpha value is -0.610. The maximum Gasteiger partial charge on any atom is 0.236 e.